The molecule has 0 radical (unpaired) electrons. The fraction of sp³-hybridized carbons (Fsp3) is 0.422. The number of pyridine rings is 1. The first-order chi connectivity index (χ1) is 26.7. The molecule has 2 saturated heterocycles. The molecule has 0 amide bonds. The number of aromatic amines is 1. The maximum absolute atomic E-state index is 15.7. The number of piperidine rings is 1. The molecule has 10 heteroatoms. The Labute approximate surface area is 322 Å². The lowest BCUT2D eigenvalue weighted by Gasteiger charge is -2.58. The maximum Gasteiger partial charge on any atom is 0.163 e. The molecule has 5 aromatic rings. The molecule has 0 unspecified atom stereocenters. The summed E-state index contributed by atoms with van der Waals surface area (Å²) in [6, 6.07) is 23.1. The Morgan fingerprint density at radius 3 is 2.58 bits per heavy atom. The maximum atomic E-state index is 15.7. The minimum Gasteiger partial charge on any atom is -0.486 e. The van der Waals surface area contributed by atoms with Gasteiger partial charge in [-0.25, -0.2) is 9.37 Å². The molecule has 1 N–H and O–H groups in total. The third-order valence-corrected chi connectivity index (χ3v) is 12.5. The van der Waals surface area contributed by atoms with Gasteiger partial charge in [-0.15, -0.1) is 0 Å². The summed E-state index contributed by atoms with van der Waals surface area (Å²) in [6.45, 7) is 12.7. The SMILES string of the molecule is CC(=O)c1cc(F)c(N2CCC3(CC2)CC(N2CCN(Cc4ccc5c(c4)OCCO5)C[C@H]2c2ccccc2C(C)C)C3)cc1Oc1cnc2[nH]ccc2c1. The average molecular weight is 744 g/mol. The van der Waals surface area contributed by atoms with Crippen molar-refractivity contribution in [3.05, 3.63) is 107 Å². The molecule has 1 spiro atoms. The Kier molecular flexibility index (Phi) is 9.50. The monoisotopic (exact) mass is 743 g/mol. The van der Waals surface area contributed by atoms with E-state index in [1.807, 2.05) is 18.3 Å². The second-order valence-electron chi connectivity index (χ2n) is 16.3. The van der Waals surface area contributed by atoms with E-state index in [9.17, 15) is 4.79 Å². The first-order valence-electron chi connectivity index (χ1n) is 19.9. The van der Waals surface area contributed by atoms with Crippen LogP contribution >= 0.6 is 0 Å². The largest absolute Gasteiger partial charge is 0.486 e. The van der Waals surface area contributed by atoms with Crippen molar-refractivity contribution >= 4 is 22.5 Å². The molecule has 3 fully saturated rings. The Hall–Kier alpha value is -4.93. The normalized spacial score (nSPS) is 20.2. The topological polar surface area (TPSA) is 83.2 Å². The van der Waals surface area contributed by atoms with Crippen LogP contribution < -0.4 is 19.1 Å². The molecule has 9 nitrogen and oxygen atoms in total. The number of Topliss-reactive ketones (excluding diaryl/α,β-unsaturated/α-hetero) is 1. The summed E-state index contributed by atoms with van der Waals surface area (Å²) in [6.07, 6.45) is 7.80. The number of hydrogen-bond donors (Lipinski definition) is 1. The highest BCUT2D eigenvalue weighted by Crippen LogP contribution is 2.53. The predicted molar refractivity (Wildman–Crippen MR) is 212 cm³/mol. The number of aromatic nitrogens is 2. The van der Waals surface area contributed by atoms with Crippen LogP contribution in [0.3, 0.4) is 0 Å². The third kappa shape index (κ3) is 7.06. The first-order valence-corrected chi connectivity index (χ1v) is 19.9. The van der Waals surface area contributed by atoms with Gasteiger partial charge in [0, 0.05) is 69.0 Å². The molecule has 0 bridgehead atoms. The molecular weight excluding hydrogens is 694 g/mol. The number of benzene rings is 3. The number of fused-ring (bicyclic) bond motifs is 2. The number of nitrogens with zero attached hydrogens (tertiary/aromatic N) is 4. The number of H-pyrrole nitrogens is 1. The zero-order valence-electron chi connectivity index (χ0n) is 32.0. The highest BCUT2D eigenvalue weighted by Gasteiger charge is 2.50. The van der Waals surface area contributed by atoms with E-state index < -0.39 is 0 Å². The number of piperazine rings is 1. The summed E-state index contributed by atoms with van der Waals surface area (Å²) in [5.74, 6) is 2.35. The van der Waals surface area contributed by atoms with Crippen molar-refractivity contribution in [3.63, 3.8) is 0 Å². The number of halogens is 1. The van der Waals surface area contributed by atoms with E-state index in [1.54, 1.807) is 12.3 Å². The van der Waals surface area contributed by atoms with Gasteiger partial charge in [-0.05, 0) is 91.0 Å². The number of carbonyl (C=O) groups excluding carboxylic acids is 1. The minimum absolute atomic E-state index is 0.228. The van der Waals surface area contributed by atoms with Crippen LogP contribution in [0.15, 0.2) is 79.1 Å². The van der Waals surface area contributed by atoms with Crippen molar-refractivity contribution < 1.29 is 23.4 Å². The van der Waals surface area contributed by atoms with Crippen LogP contribution in [-0.2, 0) is 6.54 Å². The summed E-state index contributed by atoms with van der Waals surface area (Å²) in [5.41, 5.74) is 5.87. The highest BCUT2D eigenvalue weighted by molar-refractivity contribution is 5.97. The van der Waals surface area contributed by atoms with Gasteiger partial charge in [-0.2, -0.15) is 0 Å². The average Bonchev–Trinajstić information content (AvgIpc) is 3.66. The van der Waals surface area contributed by atoms with Crippen molar-refractivity contribution in [2.45, 2.75) is 71.0 Å². The molecule has 5 heterocycles. The van der Waals surface area contributed by atoms with Crippen LogP contribution in [0.2, 0.25) is 0 Å². The van der Waals surface area contributed by atoms with Crippen LogP contribution in [0.4, 0.5) is 10.1 Å². The lowest BCUT2D eigenvalue weighted by molar-refractivity contribution is -0.0628. The Morgan fingerprint density at radius 1 is 0.982 bits per heavy atom. The summed E-state index contributed by atoms with van der Waals surface area (Å²) in [7, 11) is 0. The molecule has 9 rings (SSSR count). The number of carbonyl (C=O) groups is 1. The van der Waals surface area contributed by atoms with Gasteiger partial charge in [0.25, 0.3) is 0 Å². The lowest BCUT2D eigenvalue weighted by atomic mass is 9.59. The molecule has 286 valence electrons. The zero-order valence-corrected chi connectivity index (χ0v) is 32.0. The zero-order chi connectivity index (χ0) is 37.7. The van der Waals surface area contributed by atoms with E-state index in [4.69, 9.17) is 14.2 Å². The van der Waals surface area contributed by atoms with Crippen LogP contribution in [0.1, 0.15) is 85.5 Å². The van der Waals surface area contributed by atoms with E-state index in [0.29, 0.717) is 48.4 Å². The number of hydrogen-bond acceptors (Lipinski definition) is 8. The van der Waals surface area contributed by atoms with Crippen molar-refractivity contribution in [2.75, 3.05) is 50.8 Å². The minimum atomic E-state index is -0.389. The lowest BCUT2D eigenvalue weighted by Crippen LogP contribution is -2.60. The fourth-order valence-electron chi connectivity index (χ4n) is 9.55. The van der Waals surface area contributed by atoms with Crippen LogP contribution in [0.25, 0.3) is 11.0 Å². The van der Waals surface area contributed by atoms with E-state index in [0.717, 1.165) is 87.5 Å². The molecule has 1 atom stereocenters. The number of ether oxygens (including phenoxy) is 3. The third-order valence-electron chi connectivity index (χ3n) is 12.5. The van der Waals surface area contributed by atoms with Crippen LogP contribution in [0.5, 0.6) is 23.0 Å². The van der Waals surface area contributed by atoms with E-state index in [2.05, 4.69) is 81.0 Å². The molecule has 1 saturated carbocycles. The molecule has 55 heavy (non-hydrogen) atoms. The highest BCUT2D eigenvalue weighted by atomic mass is 19.1. The number of anilines is 1. The second kappa shape index (κ2) is 14.6. The summed E-state index contributed by atoms with van der Waals surface area (Å²) < 4.78 is 33.6. The molecule has 2 aromatic heterocycles. The second-order valence-corrected chi connectivity index (χ2v) is 16.3. The van der Waals surface area contributed by atoms with Gasteiger partial charge in [-0.3, -0.25) is 14.6 Å². The molecule has 1 aliphatic carbocycles. The Balaban J connectivity index is 0.890. The predicted octanol–water partition coefficient (Wildman–Crippen LogP) is 8.90. The van der Waals surface area contributed by atoms with E-state index in [1.165, 1.54) is 29.7 Å². The van der Waals surface area contributed by atoms with Gasteiger partial charge in [0.2, 0.25) is 0 Å². The molecular formula is C45H50FN5O4. The smallest absolute Gasteiger partial charge is 0.163 e. The Morgan fingerprint density at radius 2 is 1.78 bits per heavy atom. The van der Waals surface area contributed by atoms with E-state index in [-0.39, 0.29) is 22.6 Å². The Bertz CT molecular complexity index is 2200. The summed E-state index contributed by atoms with van der Waals surface area (Å²) in [5, 5.41) is 0.901. The molecule has 3 aromatic carbocycles. The van der Waals surface area contributed by atoms with Crippen molar-refractivity contribution in [1.29, 1.82) is 0 Å². The molecule has 4 aliphatic rings. The van der Waals surface area contributed by atoms with Gasteiger partial charge in [0.1, 0.15) is 36.2 Å². The fourth-order valence-corrected chi connectivity index (χ4v) is 9.55. The summed E-state index contributed by atoms with van der Waals surface area (Å²) >= 11 is 0. The number of rotatable bonds is 9. The number of ketones is 1. The van der Waals surface area contributed by atoms with Gasteiger partial charge in [0.05, 0.1) is 17.4 Å². The summed E-state index contributed by atoms with van der Waals surface area (Å²) in [4.78, 5) is 27.6. The van der Waals surface area contributed by atoms with Gasteiger partial charge in [-0.1, -0.05) is 44.2 Å². The van der Waals surface area contributed by atoms with Crippen molar-refractivity contribution in [2.24, 2.45) is 5.41 Å². The number of nitrogens with one attached hydrogen (secondary N) is 1. The van der Waals surface area contributed by atoms with Gasteiger partial charge in [0.15, 0.2) is 17.3 Å². The standard InChI is InChI=1S/C45H50FN5O4/c1-29(2)35-6-4-5-7-36(35)40-28-49(27-31-8-9-41-43(20-31)54-19-18-53-41)16-17-51(40)33-24-45(25-33)11-14-50(15-12-45)39-23-42(37(30(3)52)22-38(39)46)55-34-21-32-10-13-47-44(32)48-26-34/h4-10,13,20-23,26,29,33,40H,11-12,14-19,24-25,27-28H2,1-3H3,(H,47,48)/t40-/m0/s1. The van der Waals surface area contributed by atoms with Crippen molar-refractivity contribution in [1.82, 2.24) is 19.8 Å². The quantitative estimate of drug-likeness (QED) is 0.150. The van der Waals surface area contributed by atoms with Crippen molar-refractivity contribution in [3.8, 4) is 23.0 Å². The van der Waals surface area contributed by atoms with Crippen LogP contribution in [-0.4, -0.2) is 77.5 Å². The van der Waals surface area contributed by atoms with E-state index >= 15 is 4.39 Å². The van der Waals surface area contributed by atoms with Crippen LogP contribution in [0, 0.1) is 11.2 Å². The molecule has 3 aliphatic heterocycles. The first kappa shape index (κ1) is 35.8. The van der Waals surface area contributed by atoms with Gasteiger partial charge >= 0.3 is 0 Å². The van der Waals surface area contributed by atoms with Gasteiger partial charge < -0.3 is 24.1 Å².